The van der Waals surface area contributed by atoms with Crippen molar-refractivity contribution in [2.75, 3.05) is 39.3 Å². The summed E-state index contributed by atoms with van der Waals surface area (Å²) in [4.78, 5) is 32.3. The van der Waals surface area contributed by atoms with E-state index in [-0.39, 0.29) is 23.5 Å². The zero-order chi connectivity index (χ0) is 26.5. The van der Waals surface area contributed by atoms with Crippen LogP contribution in [-0.4, -0.2) is 71.9 Å². The lowest BCUT2D eigenvalue weighted by atomic mass is 9.87. The van der Waals surface area contributed by atoms with E-state index in [1.165, 1.54) is 12.1 Å². The van der Waals surface area contributed by atoms with E-state index in [2.05, 4.69) is 11.5 Å². The van der Waals surface area contributed by atoms with Crippen LogP contribution in [0.2, 0.25) is 0 Å². The number of hydrogen-bond donors (Lipinski definition) is 0. The maximum absolute atomic E-state index is 14.2. The molecule has 2 aromatic carbocycles. The lowest BCUT2D eigenvalue weighted by Gasteiger charge is -2.38. The van der Waals surface area contributed by atoms with Gasteiger partial charge in [0.1, 0.15) is 11.6 Å². The van der Waals surface area contributed by atoms with Gasteiger partial charge in [0.05, 0.1) is 6.04 Å². The molecule has 1 fully saturated rings. The molecule has 0 unspecified atom stereocenters. The molecule has 2 amide bonds. The molecule has 0 N–H and O–H groups in total. The van der Waals surface area contributed by atoms with E-state index in [4.69, 9.17) is 4.74 Å². The molecule has 2 heterocycles. The summed E-state index contributed by atoms with van der Waals surface area (Å²) >= 11 is 0. The SMILES string of the molecule is C=CCN1CCN(C(=O)[C@@H](C)Oc2ccc3c(c2)[C@@H](c2cccc(F)c2)N(C(=O)CC(C)C)CC3)CC1. The minimum absolute atomic E-state index is 0.0357. The molecule has 2 atom stereocenters. The van der Waals surface area contributed by atoms with Crippen LogP contribution in [-0.2, 0) is 16.0 Å². The van der Waals surface area contributed by atoms with Crippen molar-refractivity contribution in [3.63, 3.8) is 0 Å². The standard InChI is InChI=1S/C30H38FN3O3/c1-5-12-32-14-16-33(17-15-32)30(36)22(4)37-26-10-9-23-11-13-34(28(35)18-21(2)3)29(27(23)20-26)24-7-6-8-25(31)19-24/h5-10,19-22,29H,1,11-18H2,2-4H3/t22-,29-/m1/s1. The van der Waals surface area contributed by atoms with Gasteiger partial charge in [-0.05, 0) is 60.2 Å². The van der Waals surface area contributed by atoms with Gasteiger partial charge >= 0.3 is 0 Å². The van der Waals surface area contributed by atoms with Crippen LogP contribution in [0.15, 0.2) is 55.1 Å². The fraction of sp³-hybridized carbons (Fsp3) is 0.467. The lowest BCUT2D eigenvalue weighted by molar-refractivity contribution is -0.139. The summed E-state index contributed by atoms with van der Waals surface area (Å²) in [6.07, 6.45) is 2.39. The van der Waals surface area contributed by atoms with Crippen LogP contribution >= 0.6 is 0 Å². The summed E-state index contributed by atoms with van der Waals surface area (Å²) < 4.78 is 20.4. The molecular formula is C30H38FN3O3. The first-order valence-corrected chi connectivity index (χ1v) is 13.2. The van der Waals surface area contributed by atoms with Crippen LogP contribution in [0.3, 0.4) is 0 Å². The van der Waals surface area contributed by atoms with Crippen LogP contribution in [0.1, 0.15) is 49.9 Å². The number of carbonyl (C=O) groups is 2. The number of halogens is 1. The van der Waals surface area contributed by atoms with Crippen molar-refractivity contribution in [2.45, 2.75) is 45.8 Å². The molecule has 2 aromatic rings. The molecule has 0 radical (unpaired) electrons. The van der Waals surface area contributed by atoms with Crippen LogP contribution in [0, 0.1) is 11.7 Å². The van der Waals surface area contributed by atoms with E-state index >= 15 is 0 Å². The Morgan fingerprint density at radius 3 is 2.51 bits per heavy atom. The summed E-state index contributed by atoms with van der Waals surface area (Å²) in [5.74, 6) is 0.485. The first kappa shape index (κ1) is 26.9. The number of benzene rings is 2. The number of piperazine rings is 1. The van der Waals surface area contributed by atoms with E-state index in [0.717, 1.165) is 36.3 Å². The first-order valence-electron chi connectivity index (χ1n) is 13.2. The maximum atomic E-state index is 14.2. The summed E-state index contributed by atoms with van der Waals surface area (Å²) in [5, 5.41) is 0. The van der Waals surface area contributed by atoms with Gasteiger partial charge in [0.25, 0.3) is 5.91 Å². The van der Waals surface area contributed by atoms with Crippen molar-refractivity contribution in [3.8, 4) is 5.75 Å². The summed E-state index contributed by atoms with van der Waals surface area (Å²) in [7, 11) is 0. The smallest absolute Gasteiger partial charge is 0.263 e. The third-order valence-electron chi connectivity index (χ3n) is 7.15. The maximum Gasteiger partial charge on any atom is 0.263 e. The number of ether oxygens (including phenoxy) is 1. The van der Waals surface area contributed by atoms with Gasteiger partial charge in [-0.2, -0.15) is 0 Å². The van der Waals surface area contributed by atoms with Crippen molar-refractivity contribution in [1.82, 2.24) is 14.7 Å². The Hall–Kier alpha value is -3.19. The molecule has 2 aliphatic rings. The monoisotopic (exact) mass is 507 g/mol. The lowest BCUT2D eigenvalue weighted by Crippen LogP contribution is -2.51. The van der Waals surface area contributed by atoms with E-state index in [1.807, 2.05) is 54.0 Å². The number of hydrogen-bond acceptors (Lipinski definition) is 4. The van der Waals surface area contributed by atoms with Crippen molar-refractivity contribution in [2.24, 2.45) is 5.92 Å². The second kappa shape index (κ2) is 11.9. The molecule has 0 aliphatic carbocycles. The predicted octanol–water partition coefficient (Wildman–Crippen LogP) is 4.44. The summed E-state index contributed by atoms with van der Waals surface area (Å²) in [6, 6.07) is 11.9. The molecule has 37 heavy (non-hydrogen) atoms. The minimum atomic E-state index is -0.640. The Balaban J connectivity index is 1.56. The second-order valence-corrected chi connectivity index (χ2v) is 10.4. The van der Waals surface area contributed by atoms with Crippen molar-refractivity contribution in [1.29, 1.82) is 0 Å². The molecule has 6 nitrogen and oxygen atoms in total. The van der Waals surface area contributed by atoms with Gasteiger partial charge in [-0.3, -0.25) is 14.5 Å². The highest BCUT2D eigenvalue weighted by Crippen LogP contribution is 2.38. The van der Waals surface area contributed by atoms with E-state index < -0.39 is 12.1 Å². The van der Waals surface area contributed by atoms with Gasteiger partial charge in [-0.25, -0.2) is 4.39 Å². The molecule has 0 aromatic heterocycles. The number of amides is 2. The highest BCUT2D eigenvalue weighted by atomic mass is 19.1. The van der Waals surface area contributed by atoms with Crippen LogP contribution in [0.25, 0.3) is 0 Å². The Bertz CT molecular complexity index is 1130. The summed E-state index contributed by atoms with van der Waals surface area (Å²) in [5.41, 5.74) is 2.76. The molecule has 1 saturated heterocycles. The van der Waals surface area contributed by atoms with Gasteiger partial charge in [0.2, 0.25) is 5.91 Å². The molecule has 7 heteroatoms. The Labute approximate surface area is 219 Å². The number of rotatable bonds is 8. The topological polar surface area (TPSA) is 53.1 Å². The fourth-order valence-electron chi connectivity index (χ4n) is 5.28. The fourth-order valence-corrected chi connectivity index (χ4v) is 5.28. The highest BCUT2D eigenvalue weighted by molar-refractivity contribution is 5.81. The van der Waals surface area contributed by atoms with Crippen molar-refractivity contribution < 1.29 is 18.7 Å². The zero-order valence-electron chi connectivity index (χ0n) is 22.2. The third-order valence-corrected chi connectivity index (χ3v) is 7.15. The predicted molar refractivity (Wildman–Crippen MR) is 143 cm³/mol. The molecule has 0 saturated carbocycles. The van der Waals surface area contributed by atoms with Crippen molar-refractivity contribution in [3.05, 3.63) is 77.6 Å². The molecule has 0 bridgehead atoms. The average molecular weight is 508 g/mol. The number of carbonyl (C=O) groups excluding carboxylic acids is 2. The molecule has 0 spiro atoms. The van der Waals surface area contributed by atoms with Gasteiger partial charge in [0.15, 0.2) is 6.10 Å². The molecule has 2 aliphatic heterocycles. The zero-order valence-corrected chi connectivity index (χ0v) is 22.2. The van der Waals surface area contributed by atoms with Crippen LogP contribution < -0.4 is 4.74 Å². The second-order valence-electron chi connectivity index (χ2n) is 10.4. The largest absolute Gasteiger partial charge is 0.481 e. The summed E-state index contributed by atoms with van der Waals surface area (Å²) in [6.45, 7) is 14.0. The third kappa shape index (κ3) is 6.39. The molecular weight excluding hydrogens is 469 g/mol. The van der Waals surface area contributed by atoms with E-state index in [9.17, 15) is 14.0 Å². The van der Waals surface area contributed by atoms with E-state index in [0.29, 0.717) is 38.2 Å². The first-order chi connectivity index (χ1) is 17.8. The molecule has 4 rings (SSSR count). The Kier molecular flexibility index (Phi) is 8.64. The Morgan fingerprint density at radius 2 is 1.84 bits per heavy atom. The highest BCUT2D eigenvalue weighted by Gasteiger charge is 2.33. The van der Waals surface area contributed by atoms with Gasteiger partial charge in [0, 0.05) is 45.7 Å². The van der Waals surface area contributed by atoms with Crippen LogP contribution in [0.5, 0.6) is 5.75 Å². The van der Waals surface area contributed by atoms with E-state index in [1.54, 1.807) is 13.0 Å². The van der Waals surface area contributed by atoms with Gasteiger partial charge in [-0.15, -0.1) is 6.58 Å². The normalized spacial score (nSPS) is 18.9. The number of fused-ring (bicyclic) bond motifs is 1. The van der Waals surface area contributed by atoms with Crippen molar-refractivity contribution >= 4 is 11.8 Å². The van der Waals surface area contributed by atoms with Gasteiger partial charge < -0.3 is 14.5 Å². The minimum Gasteiger partial charge on any atom is -0.481 e. The average Bonchev–Trinajstić information content (AvgIpc) is 2.87. The number of nitrogens with zero attached hydrogens (tertiary/aromatic N) is 3. The quantitative estimate of drug-likeness (QED) is 0.496. The Morgan fingerprint density at radius 1 is 1.08 bits per heavy atom. The molecule has 198 valence electrons. The van der Waals surface area contributed by atoms with Crippen LogP contribution in [0.4, 0.5) is 4.39 Å². The van der Waals surface area contributed by atoms with Gasteiger partial charge in [-0.1, -0.05) is 38.1 Å².